The fourth-order valence-corrected chi connectivity index (χ4v) is 4.15. The topological polar surface area (TPSA) is 69.5 Å². The number of carbonyl (C=O) groups is 1. The zero-order valence-electron chi connectivity index (χ0n) is 17.8. The molecule has 0 saturated carbocycles. The van der Waals surface area contributed by atoms with Gasteiger partial charge in [-0.2, -0.15) is 5.10 Å². The summed E-state index contributed by atoms with van der Waals surface area (Å²) in [7, 11) is 0. The van der Waals surface area contributed by atoms with Gasteiger partial charge in [0.2, 0.25) is 0 Å². The molecule has 0 unspecified atom stereocenters. The second kappa shape index (κ2) is 8.29. The maximum atomic E-state index is 14.8. The number of benzene rings is 1. The van der Waals surface area contributed by atoms with Gasteiger partial charge in [0.05, 0.1) is 11.1 Å². The first-order valence-corrected chi connectivity index (χ1v) is 11.0. The van der Waals surface area contributed by atoms with Crippen molar-refractivity contribution in [1.82, 2.24) is 19.7 Å². The lowest BCUT2D eigenvalue weighted by Crippen LogP contribution is -2.50. The number of nitrogens with zero attached hydrogens (tertiary/aromatic N) is 4. The molecular formula is C21H19F4IN4O3. The van der Waals surface area contributed by atoms with Crippen molar-refractivity contribution in [3.63, 3.8) is 0 Å². The van der Waals surface area contributed by atoms with Gasteiger partial charge in [0, 0.05) is 34.8 Å². The minimum Gasteiger partial charge on any atom is -0.444 e. The molecule has 1 saturated heterocycles. The first-order valence-electron chi connectivity index (χ1n) is 9.89. The highest BCUT2D eigenvalue weighted by Crippen LogP contribution is 2.36. The van der Waals surface area contributed by atoms with E-state index in [0.29, 0.717) is 35.9 Å². The average molecular weight is 578 g/mol. The van der Waals surface area contributed by atoms with E-state index in [4.69, 9.17) is 4.74 Å². The average Bonchev–Trinajstić information content (AvgIpc) is 2.98. The summed E-state index contributed by atoms with van der Waals surface area (Å²) in [6, 6.07) is 4.60. The van der Waals surface area contributed by atoms with Crippen LogP contribution in [0.25, 0.3) is 16.7 Å². The Kier molecular flexibility index (Phi) is 5.91. The molecule has 0 N–H and O–H groups in total. The van der Waals surface area contributed by atoms with Crippen LogP contribution in [0.2, 0.25) is 0 Å². The van der Waals surface area contributed by atoms with Crippen LogP contribution < -0.4 is 4.74 Å². The van der Waals surface area contributed by atoms with Gasteiger partial charge >= 0.3 is 12.5 Å². The van der Waals surface area contributed by atoms with Crippen LogP contribution in [-0.2, 0) is 4.74 Å². The Bertz CT molecular complexity index is 1220. The van der Waals surface area contributed by atoms with Crippen LogP contribution in [0.15, 0.2) is 30.5 Å². The molecule has 1 amide bonds. The van der Waals surface area contributed by atoms with Gasteiger partial charge in [0.1, 0.15) is 17.0 Å². The van der Waals surface area contributed by atoms with Crippen molar-refractivity contribution in [2.24, 2.45) is 0 Å². The van der Waals surface area contributed by atoms with Crippen molar-refractivity contribution < 1.29 is 31.8 Å². The third-order valence-electron chi connectivity index (χ3n) is 4.85. The van der Waals surface area contributed by atoms with Crippen molar-refractivity contribution in [1.29, 1.82) is 0 Å². The highest BCUT2D eigenvalue weighted by molar-refractivity contribution is 14.1. The Hall–Kier alpha value is -2.64. The number of alkyl halides is 3. The number of hydrogen-bond acceptors (Lipinski definition) is 5. The van der Waals surface area contributed by atoms with Crippen LogP contribution in [-0.4, -0.2) is 50.8 Å². The van der Waals surface area contributed by atoms with E-state index in [1.54, 1.807) is 37.9 Å². The maximum absolute atomic E-state index is 14.8. The predicted octanol–water partition coefficient (Wildman–Crippen LogP) is 5.40. The van der Waals surface area contributed by atoms with Crippen molar-refractivity contribution in [3.05, 3.63) is 45.5 Å². The van der Waals surface area contributed by atoms with Crippen LogP contribution in [0.4, 0.5) is 22.4 Å². The van der Waals surface area contributed by atoms with E-state index in [1.165, 1.54) is 4.68 Å². The number of ether oxygens (including phenoxy) is 2. The summed E-state index contributed by atoms with van der Waals surface area (Å²) in [5.74, 6) is -1.75. The zero-order chi connectivity index (χ0) is 24.1. The van der Waals surface area contributed by atoms with Gasteiger partial charge < -0.3 is 14.4 Å². The molecule has 12 heteroatoms. The number of likely N-dealkylation sites (tertiary alicyclic amines) is 1. The number of rotatable bonds is 3. The number of amides is 1. The molecule has 0 aliphatic carbocycles. The molecule has 7 nitrogen and oxygen atoms in total. The van der Waals surface area contributed by atoms with Crippen molar-refractivity contribution in [3.8, 4) is 11.4 Å². The first kappa shape index (κ1) is 23.5. The van der Waals surface area contributed by atoms with Crippen LogP contribution in [0.5, 0.6) is 5.75 Å². The normalized spacial score (nSPS) is 15.0. The van der Waals surface area contributed by atoms with Gasteiger partial charge in [-0.05, 0) is 61.6 Å². The van der Waals surface area contributed by atoms with E-state index < -0.39 is 29.6 Å². The molecule has 0 radical (unpaired) electrons. The molecule has 3 heterocycles. The monoisotopic (exact) mass is 578 g/mol. The second-order valence-electron chi connectivity index (χ2n) is 8.53. The molecule has 0 bridgehead atoms. The summed E-state index contributed by atoms with van der Waals surface area (Å²) < 4.78 is 63.4. The summed E-state index contributed by atoms with van der Waals surface area (Å²) >= 11 is 2.12. The SMILES string of the molecule is CC(C)(C)OC(=O)N1CC(c2nn(-c3ccc(OC(F)(F)F)cc3F)c3nccc(I)c23)C1. The lowest BCUT2D eigenvalue weighted by atomic mass is 9.95. The summed E-state index contributed by atoms with van der Waals surface area (Å²) in [5, 5.41) is 5.24. The first-order chi connectivity index (χ1) is 15.3. The van der Waals surface area contributed by atoms with Crippen LogP contribution in [0.3, 0.4) is 0 Å². The van der Waals surface area contributed by atoms with E-state index >= 15 is 0 Å². The molecule has 0 spiro atoms. The molecule has 1 aromatic carbocycles. The Morgan fingerprint density at radius 1 is 1.18 bits per heavy atom. The summed E-state index contributed by atoms with van der Waals surface area (Å²) in [6.07, 6.45) is -3.82. The summed E-state index contributed by atoms with van der Waals surface area (Å²) in [5.41, 5.74) is 0.293. The molecule has 2 aromatic heterocycles. The third kappa shape index (κ3) is 4.99. The number of carbonyl (C=O) groups excluding carboxylic acids is 1. The number of halogens is 5. The molecule has 1 aliphatic heterocycles. The zero-order valence-corrected chi connectivity index (χ0v) is 19.9. The van der Waals surface area contributed by atoms with E-state index in [2.05, 4.69) is 37.4 Å². The summed E-state index contributed by atoms with van der Waals surface area (Å²) in [6.45, 7) is 6.08. The molecule has 176 valence electrons. The van der Waals surface area contributed by atoms with E-state index in [1.807, 2.05) is 0 Å². The van der Waals surface area contributed by atoms with E-state index in [0.717, 1.165) is 15.7 Å². The van der Waals surface area contributed by atoms with E-state index in [9.17, 15) is 22.4 Å². The van der Waals surface area contributed by atoms with Crippen molar-refractivity contribution >= 4 is 39.7 Å². The molecule has 4 rings (SSSR count). The Balaban J connectivity index is 1.66. The van der Waals surface area contributed by atoms with Gasteiger partial charge in [0.25, 0.3) is 0 Å². The third-order valence-corrected chi connectivity index (χ3v) is 5.74. The maximum Gasteiger partial charge on any atom is 0.573 e. The van der Waals surface area contributed by atoms with Gasteiger partial charge in [-0.25, -0.2) is 18.9 Å². The molecule has 1 aliphatic rings. The van der Waals surface area contributed by atoms with E-state index in [-0.39, 0.29) is 11.6 Å². The van der Waals surface area contributed by atoms with Crippen molar-refractivity contribution in [2.45, 2.75) is 38.7 Å². The molecular weight excluding hydrogens is 559 g/mol. The fourth-order valence-electron chi connectivity index (χ4n) is 3.47. The van der Waals surface area contributed by atoms with Gasteiger partial charge in [0.15, 0.2) is 11.5 Å². The molecule has 0 atom stereocenters. The Morgan fingerprint density at radius 3 is 2.48 bits per heavy atom. The van der Waals surface area contributed by atoms with Crippen LogP contribution >= 0.6 is 22.6 Å². The standard InChI is InChI=1S/C21H19F4IN4O3/c1-20(2,3)33-19(31)29-9-11(10-29)17-16-14(26)6-7-27-18(16)30(28-17)15-5-4-12(8-13(15)22)32-21(23,24)25/h4-8,11H,9-10H2,1-3H3. The number of aromatic nitrogens is 3. The quantitative estimate of drug-likeness (QED) is 0.308. The highest BCUT2D eigenvalue weighted by Gasteiger charge is 2.38. The highest BCUT2D eigenvalue weighted by atomic mass is 127. The molecule has 1 fully saturated rings. The fraction of sp³-hybridized carbons (Fsp3) is 0.381. The minimum atomic E-state index is -4.93. The Morgan fingerprint density at radius 2 is 1.88 bits per heavy atom. The number of hydrogen-bond donors (Lipinski definition) is 0. The number of pyridine rings is 1. The number of fused-ring (bicyclic) bond motifs is 1. The lowest BCUT2D eigenvalue weighted by molar-refractivity contribution is -0.274. The van der Waals surface area contributed by atoms with Gasteiger partial charge in [-0.15, -0.1) is 13.2 Å². The predicted molar refractivity (Wildman–Crippen MR) is 119 cm³/mol. The summed E-state index contributed by atoms with van der Waals surface area (Å²) in [4.78, 5) is 18.1. The van der Waals surface area contributed by atoms with Gasteiger partial charge in [-0.3, -0.25) is 0 Å². The molecule has 33 heavy (non-hydrogen) atoms. The van der Waals surface area contributed by atoms with Gasteiger partial charge in [-0.1, -0.05) is 0 Å². The largest absolute Gasteiger partial charge is 0.573 e. The molecule has 3 aromatic rings. The minimum absolute atomic E-state index is 0.0707. The van der Waals surface area contributed by atoms with Crippen molar-refractivity contribution in [2.75, 3.05) is 13.1 Å². The second-order valence-corrected chi connectivity index (χ2v) is 9.69. The van der Waals surface area contributed by atoms with Crippen LogP contribution in [0, 0.1) is 9.39 Å². The smallest absolute Gasteiger partial charge is 0.444 e. The Labute approximate surface area is 199 Å². The van der Waals surface area contributed by atoms with Crippen LogP contribution in [0.1, 0.15) is 32.4 Å². The lowest BCUT2D eigenvalue weighted by Gasteiger charge is -2.39.